The minimum Gasteiger partial charge on any atom is -0.390 e. The molecule has 0 saturated carbocycles. The lowest BCUT2D eigenvalue weighted by Gasteiger charge is -2.30. The molecule has 2 heterocycles. The summed E-state index contributed by atoms with van der Waals surface area (Å²) in [5.74, 6) is 0. The second-order valence-corrected chi connectivity index (χ2v) is 5.57. The molecule has 0 radical (unpaired) electrons. The van der Waals surface area contributed by atoms with Crippen molar-refractivity contribution in [3.05, 3.63) is 30.1 Å². The summed E-state index contributed by atoms with van der Waals surface area (Å²) in [5, 5.41) is 13.5. The molecule has 1 unspecified atom stereocenters. The molecule has 0 aromatic carbocycles. The molecular formula is C15H26N4O. The minimum absolute atomic E-state index is 0.268. The van der Waals surface area contributed by atoms with Crippen molar-refractivity contribution in [1.29, 1.82) is 0 Å². The van der Waals surface area contributed by atoms with Crippen molar-refractivity contribution in [2.24, 2.45) is 0 Å². The maximum absolute atomic E-state index is 10.2. The van der Waals surface area contributed by atoms with Crippen LogP contribution in [0, 0.1) is 0 Å². The molecule has 2 rings (SSSR count). The smallest absolute Gasteiger partial charge is 0.0793 e. The average molecular weight is 278 g/mol. The fourth-order valence-corrected chi connectivity index (χ4v) is 2.57. The van der Waals surface area contributed by atoms with E-state index in [1.54, 1.807) is 0 Å². The third kappa shape index (κ3) is 5.54. The summed E-state index contributed by atoms with van der Waals surface area (Å²) >= 11 is 0. The largest absolute Gasteiger partial charge is 0.390 e. The Balaban J connectivity index is 1.64. The van der Waals surface area contributed by atoms with E-state index in [0.29, 0.717) is 0 Å². The molecule has 1 aromatic rings. The van der Waals surface area contributed by atoms with E-state index >= 15 is 0 Å². The van der Waals surface area contributed by atoms with Crippen LogP contribution in [0.2, 0.25) is 0 Å². The standard InChI is InChI=1S/C15H26N4O/c1-18(9-4-14-2-5-16-6-3-14)12-15(20)13-19-10-7-17-8-11-19/h2-3,5-6,15,17,20H,4,7-13H2,1H3. The number of hydrogen-bond donors (Lipinski definition) is 2. The van der Waals surface area contributed by atoms with Gasteiger partial charge in [-0.05, 0) is 31.2 Å². The molecule has 112 valence electrons. The fourth-order valence-electron chi connectivity index (χ4n) is 2.57. The number of β-amino-alcohol motifs (C(OH)–C–C–N with tert-alkyl or cyclic N) is 1. The normalized spacial score (nSPS) is 18.4. The zero-order valence-electron chi connectivity index (χ0n) is 12.3. The summed E-state index contributed by atoms with van der Waals surface area (Å²) in [7, 11) is 2.07. The number of rotatable bonds is 7. The van der Waals surface area contributed by atoms with Crippen LogP contribution in [0.4, 0.5) is 0 Å². The molecule has 0 spiro atoms. The van der Waals surface area contributed by atoms with Crippen molar-refractivity contribution >= 4 is 0 Å². The number of nitrogens with one attached hydrogen (secondary N) is 1. The average Bonchev–Trinajstić information content (AvgIpc) is 2.47. The number of aromatic nitrogens is 1. The number of hydrogen-bond acceptors (Lipinski definition) is 5. The topological polar surface area (TPSA) is 51.6 Å². The highest BCUT2D eigenvalue weighted by Crippen LogP contribution is 2.01. The Kier molecular flexibility index (Phi) is 6.39. The predicted octanol–water partition coefficient (Wildman–Crippen LogP) is -0.178. The van der Waals surface area contributed by atoms with Crippen LogP contribution < -0.4 is 5.32 Å². The lowest BCUT2D eigenvalue weighted by atomic mass is 10.2. The summed E-state index contributed by atoms with van der Waals surface area (Å²) in [4.78, 5) is 8.55. The molecule has 1 fully saturated rings. The number of pyridine rings is 1. The molecule has 0 bridgehead atoms. The van der Waals surface area contributed by atoms with Crippen LogP contribution in [0.3, 0.4) is 0 Å². The van der Waals surface area contributed by atoms with Crippen LogP contribution in [0.15, 0.2) is 24.5 Å². The number of likely N-dealkylation sites (N-methyl/N-ethyl adjacent to an activating group) is 1. The number of nitrogens with zero attached hydrogens (tertiary/aromatic N) is 3. The van der Waals surface area contributed by atoms with Crippen molar-refractivity contribution in [2.75, 3.05) is 52.9 Å². The molecule has 0 amide bonds. The Morgan fingerprint density at radius 1 is 1.35 bits per heavy atom. The van der Waals surface area contributed by atoms with Gasteiger partial charge in [0.15, 0.2) is 0 Å². The zero-order chi connectivity index (χ0) is 14.2. The van der Waals surface area contributed by atoms with Gasteiger partial charge in [-0.2, -0.15) is 0 Å². The number of aliphatic hydroxyl groups is 1. The summed E-state index contributed by atoms with van der Waals surface area (Å²) < 4.78 is 0. The summed E-state index contributed by atoms with van der Waals surface area (Å²) in [6.07, 6.45) is 4.39. The Morgan fingerprint density at radius 3 is 2.75 bits per heavy atom. The molecule has 1 atom stereocenters. The zero-order valence-corrected chi connectivity index (χ0v) is 12.3. The molecule has 1 aliphatic rings. The molecule has 1 saturated heterocycles. The van der Waals surface area contributed by atoms with Crippen LogP contribution in [0.1, 0.15) is 5.56 Å². The third-order valence-corrected chi connectivity index (χ3v) is 3.73. The first-order chi connectivity index (χ1) is 9.74. The first-order valence-corrected chi connectivity index (χ1v) is 7.42. The highest BCUT2D eigenvalue weighted by atomic mass is 16.3. The van der Waals surface area contributed by atoms with Crippen molar-refractivity contribution in [3.63, 3.8) is 0 Å². The van der Waals surface area contributed by atoms with Crippen LogP contribution in [-0.2, 0) is 6.42 Å². The van der Waals surface area contributed by atoms with E-state index in [1.807, 2.05) is 24.5 Å². The summed E-state index contributed by atoms with van der Waals surface area (Å²) in [5.41, 5.74) is 1.29. The van der Waals surface area contributed by atoms with Gasteiger partial charge in [-0.1, -0.05) is 0 Å². The number of piperazine rings is 1. The molecule has 1 aromatic heterocycles. The highest BCUT2D eigenvalue weighted by molar-refractivity contribution is 5.09. The number of aliphatic hydroxyl groups excluding tert-OH is 1. The second kappa shape index (κ2) is 8.32. The minimum atomic E-state index is -0.268. The van der Waals surface area contributed by atoms with E-state index in [9.17, 15) is 5.11 Å². The van der Waals surface area contributed by atoms with Crippen molar-refractivity contribution in [2.45, 2.75) is 12.5 Å². The van der Waals surface area contributed by atoms with Gasteiger partial charge in [0.05, 0.1) is 6.10 Å². The fraction of sp³-hybridized carbons (Fsp3) is 0.667. The Bertz CT molecular complexity index is 367. The van der Waals surface area contributed by atoms with Crippen LogP contribution in [0.25, 0.3) is 0 Å². The molecule has 5 nitrogen and oxygen atoms in total. The third-order valence-electron chi connectivity index (χ3n) is 3.73. The Hall–Kier alpha value is -1.01. The molecule has 2 N–H and O–H groups in total. The van der Waals surface area contributed by atoms with E-state index in [4.69, 9.17) is 0 Å². The summed E-state index contributed by atoms with van der Waals surface area (Å²) in [6, 6.07) is 4.09. The van der Waals surface area contributed by atoms with E-state index in [1.165, 1.54) is 5.56 Å². The van der Waals surface area contributed by atoms with Crippen molar-refractivity contribution in [1.82, 2.24) is 20.1 Å². The molecule has 5 heteroatoms. The lowest BCUT2D eigenvalue weighted by Crippen LogP contribution is -2.48. The van der Waals surface area contributed by atoms with E-state index in [2.05, 4.69) is 27.1 Å². The van der Waals surface area contributed by atoms with Gasteiger partial charge in [-0.25, -0.2) is 0 Å². The second-order valence-electron chi connectivity index (χ2n) is 5.57. The molecule has 1 aliphatic heterocycles. The van der Waals surface area contributed by atoms with Crippen LogP contribution in [-0.4, -0.2) is 78.9 Å². The Morgan fingerprint density at radius 2 is 2.05 bits per heavy atom. The van der Waals surface area contributed by atoms with Gasteiger partial charge in [-0.3, -0.25) is 9.88 Å². The first-order valence-electron chi connectivity index (χ1n) is 7.42. The predicted molar refractivity (Wildman–Crippen MR) is 80.8 cm³/mol. The van der Waals surface area contributed by atoms with E-state index < -0.39 is 0 Å². The molecule has 0 aliphatic carbocycles. The van der Waals surface area contributed by atoms with Gasteiger partial charge in [0.1, 0.15) is 0 Å². The lowest BCUT2D eigenvalue weighted by molar-refractivity contribution is 0.0773. The van der Waals surface area contributed by atoms with Gasteiger partial charge in [0.25, 0.3) is 0 Å². The SMILES string of the molecule is CN(CCc1ccncc1)CC(O)CN1CCNCC1. The Labute approximate surface area is 121 Å². The molecular weight excluding hydrogens is 252 g/mol. The van der Waals surface area contributed by atoms with Gasteiger partial charge < -0.3 is 15.3 Å². The van der Waals surface area contributed by atoms with Crippen molar-refractivity contribution < 1.29 is 5.11 Å². The maximum atomic E-state index is 10.2. The van der Waals surface area contributed by atoms with E-state index in [-0.39, 0.29) is 6.10 Å². The molecule has 20 heavy (non-hydrogen) atoms. The summed E-state index contributed by atoms with van der Waals surface area (Å²) in [6.45, 7) is 6.61. The quantitative estimate of drug-likeness (QED) is 0.725. The first kappa shape index (κ1) is 15.4. The van der Waals surface area contributed by atoms with Gasteiger partial charge in [0.2, 0.25) is 0 Å². The van der Waals surface area contributed by atoms with Gasteiger partial charge in [-0.15, -0.1) is 0 Å². The van der Waals surface area contributed by atoms with Gasteiger partial charge >= 0.3 is 0 Å². The van der Waals surface area contributed by atoms with E-state index in [0.717, 1.165) is 52.2 Å². The van der Waals surface area contributed by atoms with Gasteiger partial charge in [0, 0.05) is 58.2 Å². The maximum Gasteiger partial charge on any atom is 0.0793 e. The van der Waals surface area contributed by atoms with Crippen LogP contribution >= 0.6 is 0 Å². The highest BCUT2D eigenvalue weighted by Gasteiger charge is 2.15. The monoisotopic (exact) mass is 278 g/mol. The van der Waals surface area contributed by atoms with Crippen molar-refractivity contribution in [3.8, 4) is 0 Å². The van der Waals surface area contributed by atoms with Crippen LogP contribution in [0.5, 0.6) is 0 Å².